The van der Waals surface area contributed by atoms with Crippen molar-refractivity contribution in [3.63, 3.8) is 0 Å². The summed E-state index contributed by atoms with van der Waals surface area (Å²) in [6.07, 6.45) is 0. The fraction of sp³-hybridized carbons (Fsp3) is 0.263. The fourth-order valence-electron chi connectivity index (χ4n) is 1.99. The third kappa shape index (κ3) is 5.05. The van der Waals surface area contributed by atoms with Gasteiger partial charge in [-0.05, 0) is 36.4 Å². The van der Waals surface area contributed by atoms with Crippen molar-refractivity contribution in [2.45, 2.75) is 19.6 Å². The zero-order valence-corrected chi connectivity index (χ0v) is 15.9. The van der Waals surface area contributed by atoms with E-state index in [-0.39, 0.29) is 0 Å². The van der Waals surface area contributed by atoms with Gasteiger partial charge in [0.1, 0.15) is 5.75 Å². The van der Waals surface area contributed by atoms with Gasteiger partial charge in [0, 0.05) is 16.5 Å². The van der Waals surface area contributed by atoms with Crippen molar-refractivity contribution in [3.05, 3.63) is 59.7 Å². The summed E-state index contributed by atoms with van der Waals surface area (Å²) in [6.45, 7) is 7.74. The van der Waals surface area contributed by atoms with Crippen LogP contribution in [-0.2, 0) is 0 Å². The Kier molecular flexibility index (Phi) is 5.88. The first-order valence-corrected chi connectivity index (χ1v) is 12.0. The number of rotatable bonds is 4. The van der Waals surface area contributed by atoms with Crippen LogP contribution in [0.4, 0.5) is 0 Å². The quantitative estimate of drug-likeness (QED) is 0.438. The van der Waals surface area contributed by atoms with Crippen molar-refractivity contribution >= 4 is 29.2 Å². The smallest absolute Gasteiger partial charge is 0.119 e. The molecule has 2 rings (SSSR count). The maximum absolute atomic E-state index is 5.53. The molecule has 22 heavy (non-hydrogen) atoms. The molecule has 0 atom stereocenters. The highest BCUT2D eigenvalue weighted by atomic mass is 79.9. The minimum absolute atomic E-state index is 0.675. The fourth-order valence-corrected chi connectivity index (χ4v) is 3.32. The standard InChI is InChI=1S/C19H21BrOSi/c1-22(2,3)19-12-8-17(9-13-19)5-4-16-6-10-18(11-7-16)21-15-14-20/h6-13H,14-15H2,1-3H3. The molecule has 2 aromatic carbocycles. The maximum Gasteiger partial charge on any atom is 0.119 e. The molecule has 0 aliphatic heterocycles. The third-order valence-electron chi connectivity index (χ3n) is 3.30. The van der Waals surface area contributed by atoms with E-state index < -0.39 is 8.07 Å². The Morgan fingerprint density at radius 2 is 1.36 bits per heavy atom. The highest BCUT2D eigenvalue weighted by Gasteiger charge is 2.15. The van der Waals surface area contributed by atoms with Crippen LogP contribution in [0, 0.1) is 11.8 Å². The zero-order chi connectivity index (χ0) is 16.0. The van der Waals surface area contributed by atoms with E-state index in [0.717, 1.165) is 22.2 Å². The van der Waals surface area contributed by atoms with Crippen LogP contribution in [0.2, 0.25) is 19.6 Å². The molecule has 0 fully saturated rings. The van der Waals surface area contributed by atoms with Crippen LogP contribution >= 0.6 is 15.9 Å². The van der Waals surface area contributed by atoms with Gasteiger partial charge in [-0.25, -0.2) is 0 Å². The van der Waals surface area contributed by atoms with Gasteiger partial charge in [-0.2, -0.15) is 0 Å². The average molecular weight is 373 g/mol. The predicted molar refractivity (Wildman–Crippen MR) is 101 cm³/mol. The van der Waals surface area contributed by atoms with Gasteiger partial charge < -0.3 is 4.74 Å². The molecule has 2 aromatic rings. The molecule has 0 N–H and O–H groups in total. The topological polar surface area (TPSA) is 9.23 Å². The molecule has 0 heterocycles. The van der Waals surface area contributed by atoms with Gasteiger partial charge in [-0.3, -0.25) is 0 Å². The summed E-state index contributed by atoms with van der Waals surface area (Å²) in [5.41, 5.74) is 2.06. The van der Waals surface area contributed by atoms with Crippen LogP contribution in [-0.4, -0.2) is 20.0 Å². The number of hydrogen-bond donors (Lipinski definition) is 0. The van der Waals surface area contributed by atoms with Gasteiger partial charge in [0.25, 0.3) is 0 Å². The second-order valence-electron chi connectivity index (χ2n) is 6.14. The number of alkyl halides is 1. The summed E-state index contributed by atoms with van der Waals surface area (Å²) >= 11 is 3.34. The highest BCUT2D eigenvalue weighted by Crippen LogP contribution is 2.12. The molecule has 0 bridgehead atoms. The Morgan fingerprint density at radius 1 is 0.864 bits per heavy atom. The Hall–Kier alpha value is -1.50. The van der Waals surface area contributed by atoms with Crippen LogP contribution in [0.25, 0.3) is 0 Å². The van der Waals surface area contributed by atoms with Crippen LogP contribution in [0.1, 0.15) is 11.1 Å². The van der Waals surface area contributed by atoms with Crippen molar-refractivity contribution in [2.75, 3.05) is 11.9 Å². The summed E-state index contributed by atoms with van der Waals surface area (Å²) in [5.74, 6) is 7.30. The van der Waals surface area contributed by atoms with Crippen molar-refractivity contribution in [3.8, 4) is 17.6 Å². The van der Waals surface area contributed by atoms with E-state index in [1.807, 2.05) is 24.3 Å². The van der Waals surface area contributed by atoms with Crippen molar-refractivity contribution in [1.29, 1.82) is 0 Å². The lowest BCUT2D eigenvalue weighted by molar-refractivity contribution is 0.345. The van der Waals surface area contributed by atoms with Crippen LogP contribution in [0.5, 0.6) is 5.75 Å². The molecule has 1 nitrogen and oxygen atoms in total. The first-order valence-electron chi connectivity index (χ1n) is 7.40. The number of halogens is 1. The molecule has 0 amide bonds. The molecule has 0 aliphatic carbocycles. The minimum Gasteiger partial charge on any atom is -0.493 e. The van der Waals surface area contributed by atoms with Crippen molar-refractivity contribution < 1.29 is 4.74 Å². The van der Waals surface area contributed by atoms with Crippen LogP contribution in [0.15, 0.2) is 48.5 Å². The second-order valence-corrected chi connectivity index (χ2v) is 12.0. The van der Waals surface area contributed by atoms with Gasteiger partial charge in [-0.1, -0.05) is 64.7 Å². The highest BCUT2D eigenvalue weighted by molar-refractivity contribution is 9.09. The van der Waals surface area contributed by atoms with E-state index in [4.69, 9.17) is 4.74 Å². The largest absolute Gasteiger partial charge is 0.493 e. The summed E-state index contributed by atoms with van der Waals surface area (Å²) in [5, 5.41) is 2.30. The molecule has 0 aliphatic rings. The molecule has 0 radical (unpaired) electrons. The monoisotopic (exact) mass is 372 g/mol. The number of ether oxygens (including phenoxy) is 1. The predicted octanol–water partition coefficient (Wildman–Crippen LogP) is 4.41. The summed E-state index contributed by atoms with van der Waals surface area (Å²) in [6, 6.07) is 16.6. The SMILES string of the molecule is C[Si](C)(C)c1ccc(C#Cc2ccc(OCCBr)cc2)cc1. The summed E-state index contributed by atoms with van der Waals surface area (Å²) in [7, 11) is -1.23. The van der Waals surface area contributed by atoms with E-state index in [1.165, 1.54) is 5.19 Å². The molecule has 0 saturated carbocycles. The summed E-state index contributed by atoms with van der Waals surface area (Å²) < 4.78 is 5.53. The Labute approximate surface area is 142 Å². The lowest BCUT2D eigenvalue weighted by atomic mass is 10.2. The van der Waals surface area contributed by atoms with Crippen molar-refractivity contribution in [1.82, 2.24) is 0 Å². The van der Waals surface area contributed by atoms with Gasteiger partial charge >= 0.3 is 0 Å². The Morgan fingerprint density at radius 3 is 1.82 bits per heavy atom. The third-order valence-corrected chi connectivity index (χ3v) is 5.69. The molecule has 0 aromatic heterocycles. The molecule has 0 unspecified atom stereocenters. The maximum atomic E-state index is 5.53. The zero-order valence-electron chi connectivity index (χ0n) is 13.3. The molecule has 114 valence electrons. The molecular formula is C19H21BrOSi. The van der Waals surface area contributed by atoms with E-state index in [9.17, 15) is 0 Å². The number of hydrogen-bond acceptors (Lipinski definition) is 1. The van der Waals surface area contributed by atoms with Gasteiger partial charge in [0.15, 0.2) is 0 Å². The first-order chi connectivity index (χ1) is 10.5. The molecule has 3 heteroatoms. The second kappa shape index (κ2) is 7.67. The van der Waals surface area contributed by atoms with E-state index in [1.54, 1.807) is 0 Å². The minimum atomic E-state index is -1.23. The van der Waals surface area contributed by atoms with Gasteiger partial charge in [0.2, 0.25) is 0 Å². The molecular weight excluding hydrogens is 352 g/mol. The van der Waals surface area contributed by atoms with Crippen LogP contribution in [0.3, 0.4) is 0 Å². The van der Waals surface area contributed by atoms with Gasteiger partial charge in [-0.15, -0.1) is 0 Å². The number of benzene rings is 2. The molecule has 0 spiro atoms. The normalized spacial score (nSPS) is 10.7. The van der Waals surface area contributed by atoms with E-state index in [0.29, 0.717) is 6.61 Å². The Balaban J connectivity index is 2.06. The van der Waals surface area contributed by atoms with Crippen LogP contribution < -0.4 is 9.92 Å². The van der Waals surface area contributed by atoms with E-state index >= 15 is 0 Å². The lowest BCUT2D eigenvalue weighted by Crippen LogP contribution is -2.37. The van der Waals surface area contributed by atoms with E-state index in [2.05, 4.69) is 71.7 Å². The lowest BCUT2D eigenvalue weighted by Gasteiger charge is -2.15. The first kappa shape index (κ1) is 16.9. The summed E-state index contributed by atoms with van der Waals surface area (Å²) in [4.78, 5) is 0. The van der Waals surface area contributed by atoms with Gasteiger partial charge in [0.05, 0.1) is 14.7 Å². The molecule has 0 saturated heterocycles. The van der Waals surface area contributed by atoms with Crippen molar-refractivity contribution in [2.24, 2.45) is 0 Å². The average Bonchev–Trinajstić information content (AvgIpc) is 2.51. The Bertz CT molecular complexity index is 658.